The van der Waals surface area contributed by atoms with Crippen molar-refractivity contribution in [3.63, 3.8) is 0 Å². The number of allylic oxidation sites excluding steroid dienone is 2. The number of halogens is 1. The summed E-state index contributed by atoms with van der Waals surface area (Å²) in [6.45, 7) is 25.8. The quantitative estimate of drug-likeness (QED) is 0.166. The molecule has 0 spiro atoms. The Bertz CT molecular complexity index is 1380. The average Bonchev–Trinajstić information content (AvgIpc) is 2.98. The standard InChI is InChI=1S/C39H61ClO7Si2/c1-24-17-18-26-21-27(37(3,4)5)22-32(45-35(41)25(2)43-31-16-14-13-15-30(31)40)33(26)39(24,47-49(11)12)20-19-28-23-29(38(6,7)8)34(36(42)44-28)46-48(9)10/h13-18,21,24-25,27-29,32-34,48-49H,19-20,22-23H2,1-12H3/t24-,25?,27+,28+,29-,32-,33+,34?,39-/m0/s1. The number of cyclic esters (lactones) is 1. The zero-order chi connectivity index (χ0) is 36.5. The van der Waals surface area contributed by atoms with Gasteiger partial charge in [0.2, 0.25) is 0 Å². The Balaban J connectivity index is 1.68. The lowest BCUT2D eigenvalue weighted by molar-refractivity contribution is -0.180. The minimum Gasteiger partial charge on any atom is -0.477 e. The van der Waals surface area contributed by atoms with Crippen LogP contribution in [0.15, 0.2) is 48.1 Å². The number of hydrogen-bond acceptors (Lipinski definition) is 7. The van der Waals surface area contributed by atoms with Gasteiger partial charge < -0.3 is 23.1 Å². The molecule has 7 nitrogen and oxygen atoms in total. The summed E-state index contributed by atoms with van der Waals surface area (Å²) in [5.74, 6) is -0.107. The van der Waals surface area contributed by atoms with Crippen LogP contribution in [-0.2, 0) is 27.9 Å². The van der Waals surface area contributed by atoms with Crippen LogP contribution in [0.5, 0.6) is 5.75 Å². The fourth-order valence-corrected chi connectivity index (χ4v) is 10.4. The number of carbonyl (C=O) groups is 2. The van der Waals surface area contributed by atoms with E-state index in [2.05, 4.69) is 92.9 Å². The summed E-state index contributed by atoms with van der Waals surface area (Å²) < 4.78 is 32.1. The molecule has 2 unspecified atom stereocenters. The second kappa shape index (κ2) is 15.8. The van der Waals surface area contributed by atoms with Gasteiger partial charge in [0.25, 0.3) is 0 Å². The SMILES string of the molecule is CC(Oc1ccccc1Cl)C(=O)O[C@H]1C[C@H](C(C)(C)C)C=C2C=C[C@H](C)[C@](CC[C@@H]3C[C@H](C(C)(C)C)C(O[SiH](C)C)C(=O)O3)(O[SiH](C)C)[C@H]21. The van der Waals surface area contributed by atoms with Crippen LogP contribution < -0.4 is 4.74 Å². The highest BCUT2D eigenvalue weighted by atomic mass is 35.5. The van der Waals surface area contributed by atoms with Gasteiger partial charge in [-0.2, -0.15) is 0 Å². The van der Waals surface area contributed by atoms with E-state index >= 15 is 0 Å². The minimum absolute atomic E-state index is 0.0365. The van der Waals surface area contributed by atoms with E-state index in [1.807, 2.05) is 12.1 Å². The van der Waals surface area contributed by atoms with Crippen molar-refractivity contribution in [1.29, 1.82) is 0 Å². The fraction of sp³-hybridized carbons (Fsp3) is 0.692. The smallest absolute Gasteiger partial charge is 0.347 e. The van der Waals surface area contributed by atoms with E-state index in [1.54, 1.807) is 19.1 Å². The summed E-state index contributed by atoms with van der Waals surface area (Å²) >= 11 is 6.36. The first kappa shape index (κ1) is 39.9. The fourth-order valence-electron chi connectivity index (χ4n) is 7.93. The van der Waals surface area contributed by atoms with Gasteiger partial charge in [-0.25, -0.2) is 9.59 Å². The molecule has 0 radical (unpaired) electrons. The number of rotatable bonds is 11. The second-order valence-electron chi connectivity index (χ2n) is 17.2. The monoisotopic (exact) mass is 732 g/mol. The van der Waals surface area contributed by atoms with Crippen LogP contribution in [-0.4, -0.2) is 60.0 Å². The Hall–Kier alpha value is -1.92. The van der Waals surface area contributed by atoms with Crippen molar-refractivity contribution in [2.45, 2.75) is 137 Å². The van der Waals surface area contributed by atoms with Crippen molar-refractivity contribution in [3.8, 4) is 5.75 Å². The van der Waals surface area contributed by atoms with Crippen LogP contribution in [0.2, 0.25) is 31.2 Å². The molecule has 1 fully saturated rings. The van der Waals surface area contributed by atoms with Gasteiger partial charge in [0.05, 0.1) is 10.6 Å². The lowest BCUT2D eigenvalue weighted by atomic mass is 9.59. The highest BCUT2D eigenvalue weighted by Crippen LogP contribution is 2.53. The maximum atomic E-state index is 13.8. The molecule has 1 aliphatic heterocycles. The second-order valence-corrected chi connectivity index (χ2v) is 22.3. The molecule has 3 aliphatic rings. The van der Waals surface area contributed by atoms with Crippen LogP contribution in [0.1, 0.15) is 81.1 Å². The lowest BCUT2D eigenvalue weighted by Crippen LogP contribution is -2.58. The molecule has 1 aromatic rings. The molecule has 274 valence electrons. The molecule has 49 heavy (non-hydrogen) atoms. The van der Waals surface area contributed by atoms with Gasteiger partial charge in [-0.1, -0.05) is 90.4 Å². The number of esters is 2. The van der Waals surface area contributed by atoms with Gasteiger partial charge >= 0.3 is 11.9 Å². The zero-order valence-electron chi connectivity index (χ0n) is 31.9. The predicted molar refractivity (Wildman–Crippen MR) is 202 cm³/mol. The van der Waals surface area contributed by atoms with Gasteiger partial charge in [-0.3, -0.25) is 0 Å². The van der Waals surface area contributed by atoms with Crippen LogP contribution in [0.25, 0.3) is 0 Å². The van der Waals surface area contributed by atoms with E-state index < -0.39 is 48.0 Å². The molecular formula is C39H61ClO7Si2. The molecule has 9 atom stereocenters. The number of ether oxygens (including phenoxy) is 3. The van der Waals surface area contributed by atoms with Crippen molar-refractivity contribution >= 4 is 41.6 Å². The third-order valence-electron chi connectivity index (χ3n) is 10.6. The first-order valence-corrected chi connectivity index (χ1v) is 24.2. The van der Waals surface area contributed by atoms with Gasteiger partial charge in [-0.15, -0.1) is 0 Å². The Morgan fingerprint density at radius 2 is 1.71 bits per heavy atom. The van der Waals surface area contributed by atoms with E-state index in [1.165, 1.54) is 0 Å². The van der Waals surface area contributed by atoms with Crippen LogP contribution in [0, 0.1) is 34.5 Å². The van der Waals surface area contributed by atoms with E-state index in [0.29, 0.717) is 30.0 Å². The Kier molecular flexibility index (Phi) is 12.8. The van der Waals surface area contributed by atoms with E-state index in [0.717, 1.165) is 12.0 Å². The highest BCUT2D eigenvalue weighted by Gasteiger charge is 2.55. The molecule has 1 saturated heterocycles. The van der Waals surface area contributed by atoms with Gasteiger partial charge in [0.15, 0.2) is 24.2 Å². The Labute approximate surface area is 303 Å². The van der Waals surface area contributed by atoms with Crippen LogP contribution in [0.4, 0.5) is 0 Å². The minimum atomic E-state index is -1.62. The van der Waals surface area contributed by atoms with Crippen molar-refractivity contribution < 1.29 is 32.7 Å². The third kappa shape index (κ3) is 9.50. The number of para-hydroxylation sites is 1. The summed E-state index contributed by atoms with van der Waals surface area (Å²) in [7, 11) is -3.08. The summed E-state index contributed by atoms with van der Waals surface area (Å²) in [4.78, 5) is 27.3. The molecule has 0 saturated carbocycles. The summed E-state index contributed by atoms with van der Waals surface area (Å²) in [5, 5.41) is 0.444. The molecule has 2 aliphatic carbocycles. The molecule has 0 N–H and O–H groups in total. The average molecular weight is 734 g/mol. The molecule has 1 aromatic carbocycles. The Morgan fingerprint density at radius 3 is 2.31 bits per heavy atom. The van der Waals surface area contributed by atoms with Crippen LogP contribution >= 0.6 is 11.6 Å². The van der Waals surface area contributed by atoms with Crippen molar-refractivity contribution in [2.75, 3.05) is 0 Å². The largest absolute Gasteiger partial charge is 0.477 e. The van der Waals surface area contributed by atoms with Crippen molar-refractivity contribution in [1.82, 2.24) is 0 Å². The zero-order valence-corrected chi connectivity index (χ0v) is 34.9. The first-order chi connectivity index (χ1) is 22.7. The number of hydrogen-bond donors (Lipinski definition) is 0. The van der Waals surface area contributed by atoms with Gasteiger partial charge in [0, 0.05) is 17.8 Å². The number of benzene rings is 1. The molecule has 1 heterocycles. The van der Waals surface area contributed by atoms with E-state index in [9.17, 15) is 9.59 Å². The van der Waals surface area contributed by atoms with Crippen LogP contribution in [0.3, 0.4) is 0 Å². The van der Waals surface area contributed by atoms with Gasteiger partial charge in [-0.05, 0) is 93.2 Å². The molecular weight excluding hydrogens is 672 g/mol. The predicted octanol–water partition coefficient (Wildman–Crippen LogP) is 8.70. The summed E-state index contributed by atoms with van der Waals surface area (Å²) in [6.07, 6.45) is 7.56. The maximum absolute atomic E-state index is 13.8. The van der Waals surface area contributed by atoms with Gasteiger partial charge in [0.1, 0.15) is 24.1 Å². The normalized spacial score (nSPS) is 31.2. The molecule has 0 bridgehead atoms. The van der Waals surface area contributed by atoms with Crippen molar-refractivity contribution in [2.24, 2.45) is 34.5 Å². The maximum Gasteiger partial charge on any atom is 0.347 e. The topological polar surface area (TPSA) is 80.3 Å². The lowest BCUT2D eigenvalue weighted by Gasteiger charge is -2.54. The van der Waals surface area contributed by atoms with E-state index in [4.69, 9.17) is 34.7 Å². The number of fused-ring (bicyclic) bond motifs is 1. The Morgan fingerprint density at radius 1 is 1.04 bits per heavy atom. The highest BCUT2D eigenvalue weighted by molar-refractivity contribution is 6.49. The summed E-state index contributed by atoms with van der Waals surface area (Å²) in [5.41, 5.74) is 0.365. The third-order valence-corrected chi connectivity index (χ3v) is 12.6. The van der Waals surface area contributed by atoms with E-state index in [-0.39, 0.29) is 46.6 Å². The molecule has 0 amide bonds. The molecule has 0 aromatic heterocycles. The number of carbonyl (C=O) groups excluding carboxylic acids is 2. The van der Waals surface area contributed by atoms with Crippen molar-refractivity contribution in [3.05, 3.63) is 53.1 Å². The molecule has 4 rings (SSSR count). The first-order valence-electron chi connectivity index (χ1n) is 18.3. The summed E-state index contributed by atoms with van der Waals surface area (Å²) in [6, 6.07) is 7.15. The molecule has 10 heteroatoms.